The average molecular weight is 317 g/mol. The average Bonchev–Trinajstić information content (AvgIpc) is 2.48. The molecular formula is C16H8Cl2NO2-. The van der Waals surface area contributed by atoms with Crippen LogP contribution in [-0.2, 0) is 0 Å². The van der Waals surface area contributed by atoms with Crippen molar-refractivity contribution in [3.63, 3.8) is 0 Å². The van der Waals surface area contributed by atoms with Crippen molar-refractivity contribution >= 4 is 40.8 Å². The zero-order chi connectivity index (χ0) is 15.4. The highest BCUT2D eigenvalue weighted by Crippen LogP contribution is 2.27. The molecule has 0 unspecified atom stereocenters. The van der Waals surface area contributed by atoms with Gasteiger partial charge in [-0.1, -0.05) is 53.5 Å². The van der Waals surface area contributed by atoms with Crippen molar-refractivity contribution in [2.45, 2.75) is 0 Å². The molecular weight excluding hydrogens is 309 g/mol. The van der Waals surface area contributed by atoms with Crippen molar-refractivity contribution in [3.05, 3.63) is 69.2 Å². The third kappa shape index (κ3) is 3.63. The molecule has 104 valence electrons. The van der Waals surface area contributed by atoms with Gasteiger partial charge in [0.25, 0.3) is 0 Å². The Bertz CT molecular complexity index is 759. The minimum Gasteiger partial charge on any atom is -0.545 e. The molecule has 0 bridgehead atoms. The fourth-order valence-electron chi connectivity index (χ4n) is 1.73. The summed E-state index contributed by atoms with van der Waals surface area (Å²) in [5.74, 6) is -1.24. The van der Waals surface area contributed by atoms with Gasteiger partial charge in [0, 0.05) is 0 Å². The summed E-state index contributed by atoms with van der Waals surface area (Å²) >= 11 is 11.8. The van der Waals surface area contributed by atoms with E-state index in [1.807, 2.05) is 0 Å². The summed E-state index contributed by atoms with van der Waals surface area (Å²) < 4.78 is 0. The van der Waals surface area contributed by atoms with Crippen LogP contribution in [0, 0.1) is 11.3 Å². The van der Waals surface area contributed by atoms with Gasteiger partial charge in [0.15, 0.2) is 0 Å². The number of nitriles is 1. The molecule has 2 rings (SSSR count). The second-order valence-corrected chi connectivity index (χ2v) is 5.02. The Labute approximate surface area is 131 Å². The van der Waals surface area contributed by atoms with Gasteiger partial charge >= 0.3 is 0 Å². The van der Waals surface area contributed by atoms with E-state index < -0.39 is 5.97 Å². The zero-order valence-electron chi connectivity index (χ0n) is 10.6. The van der Waals surface area contributed by atoms with Gasteiger partial charge in [-0.25, -0.2) is 0 Å². The number of allylic oxidation sites excluding steroid dienone is 1. The Balaban J connectivity index is 2.38. The van der Waals surface area contributed by atoms with Gasteiger partial charge in [0.05, 0.1) is 27.7 Å². The van der Waals surface area contributed by atoms with Crippen LogP contribution in [0.4, 0.5) is 0 Å². The molecule has 0 saturated carbocycles. The topological polar surface area (TPSA) is 63.9 Å². The van der Waals surface area contributed by atoms with E-state index in [1.165, 1.54) is 12.1 Å². The second kappa shape index (κ2) is 6.45. The summed E-state index contributed by atoms with van der Waals surface area (Å²) in [6.07, 6.45) is 1.64. The number of carbonyl (C=O) groups is 1. The molecule has 0 atom stereocenters. The Morgan fingerprint density at radius 2 is 1.67 bits per heavy atom. The van der Waals surface area contributed by atoms with Crippen LogP contribution < -0.4 is 5.11 Å². The standard InChI is InChI=1S/C16H9Cl2NO2/c17-14-6-5-12(8-15(14)18)13(9-19)7-10-1-3-11(4-2-10)16(20)21/h1-8H,(H,20,21)/p-1/b13-7-. The Kier molecular flexibility index (Phi) is 4.64. The lowest BCUT2D eigenvalue weighted by Crippen LogP contribution is -2.21. The van der Waals surface area contributed by atoms with E-state index in [0.717, 1.165) is 0 Å². The second-order valence-electron chi connectivity index (χ2n) is 4.21. The summed E-state index contributed by atoms with van der Waals surface area (Å²) in [5.41, 5.74) is 1.81. The van der Waals surface area contributed by atoms with Crippen LogP contribution in [0.1, 0.15) is 21.5 Å². The lowest BCUT2D eigenvalue weighted by Gasteiger charge is -2.04. The molecule has 21 heavy (non-hydrogen) atoms. The number of nitrogens with zero attached hydrogens (tertiary/aromatic N) is 1. The minimum atomic E-state index is -1.24. The van der Waals surface area contributed by atoms with E-state index in [9.17, 15) is 15.2 Å². The van der Waals surface area contributed by atoms with Gasteiger partial charge in [0.2, 0.25) is 0 Å². The fraction of sp³-hybridized carbons (Fsp3) is 0. The van der Waals surface area contributed by atoms with Crippen molar-refractivity contribution in [3.8, 4) is 6.07 Å². The van der Waals surface area contributed by atoms with E-state index in [4.69, 9.17) is 23.2 Å². The maximum Gasteiger partial charge on any atom is 0.0998 e. The van der Waals surface area contributed by atoms with Crippen LogP contribution in [0.25, 0.3) is 11.6 Å². The number of rotatable bonds is 3. The van der Waals surface area contributed by atoms with Crippen LogP contribution in [-0.4, -0.2) is 5.97 Å². The molecule has 0 saturated heterocycles. The van der Waals surface area contributed by atoms with E-state index in [2.05, 4.69) is 6.07 Å². The molecule has 0 spiro atoms. The summed E-state index contributed by atoms with van der Waals surface area (Å²) in [6.45, 7) is 0. The SMILES string of the molecule is N#C/C(=C/c1ccc(C(=O)[O-])cc1)c1ccc(Cl)c(Cl)c1. The number of carbonyl (C=O) groups excluding carboxylic acids is 1. The van der Waals surface area contributed by atoms with E-state index in [1.54, 1.807) is 36.4 Å². The Morgan fingerprint density at radius 3 is 2.19 bits per heavy atom. The summed E-state index contributed by atoms with van der Waals surface area (Å²) in [5, 5.41) is 20.7. The van der Waals surface area contributed by atoms with Gasteiger partial charge in [-0.15, -0.1) is 0 Å². The number of halogens is 2. The summed E-state index contributed by atoms with van der Waals surface area (Å²) in [4.78, 5) is 10.7. The first-order valence-electron chi connectivity index (χ1n) is 5.90. The number of aromatic carboxylic acids is 1. The molecule has 0 radical (unpaired) electrons. The number of hydrogen-bond acceptors (Lipinski definition) is 3. The zero-order valence-corrected chi connectivity index (χ0v) is 12.2. The maximum atomic E-state index is 10.7. The van der Waals surface area contributed by atoms with Crippen LogP contribution in [0.5, 0.6) is 0 Å². The summed E-state index contributed by atoms with van der Waals surface area (Å²) in [6, 6.07) is 13.0. The number of carboxylic acids is 1. The van der Waals surface area contributed by atoms with Crippen LogP contribution >= 0.6 is 23.2 Å². The Morgan fingerprint density at radius 1 is 1.05 bits per heavy atom. The van der Waals surface area contributed by atoms with Gasteiger partial charge in [-0.2, -0.15) is 5.26 Å². The van der Waals surface area contributed by atoms with Gasteiger partial charge in [-0.05, 0) is 34.9 Å². The highest BCUT2D eigenvalue weighted by molar-refractivity contribution is 6.42. The lowest BCUT2D eigenvalue weighted by molar-refractivity contribution is -0.255. The van der Waals surface area contributed by atoms with Gasteiger partial charge in [-0.3, -0.25) is 0 Å². The highest BCUT2D eigenvalue weighted by Gasteiger charge is 2.05. The first-order chi connectivity index (χ1) is 10.0. The van der Waals surface area contributed by atoms with Gasteiger partial charge < -0.3 is 9.90 Å². The number of hydrogen-bond donors (Lipinski definition) is 0. The molecule has 0 aliphatic rings. The number of benzene rings is 2. The van der Waals surface area contributed by atoms with E-state index >= 15 is 0 Å². The minimum absolute atomic E-state index is 0.0835. The van der Waals surface area contributed by atoms with Crippen LogP contribution in [0.15, 0.2) is 42.5 Å². The third-order valence-corrected chi connectivity index (χ3v) is 3.55. The smallest absolute Gasteiger partial charge is 0.0998 e. The molecule has 0 heterocycles. The summed E-state index contributed by atoms with van der Waals surface area (Å²) in [7, 11) is 0. The number of carboxylic acid groups (broad SMARTS) is 1. The van der Waals surface area contributed by atoms with Crippen LogP contribution in [0.2, 0.25) is 10.0 Å². The van der Waals surface area contributed by atoms with Crippen molar-refractivity contribution in [2.75, 3.05) is 0 Å². The highest BCUT2D eigenvalue weighted by atomic mass is 35.5. The molecule has 0 fully saturated rings. The predicted molar refractivity (Wildman–Crippen MR) is 80.7 cm³/mol. The van der Waals surface area contributed by atoms with E-state index in [-0.39, 0.29) is 5.56 Å². The first-order valence-corrected chi connectivity index (χ1v) is 6.65. The largest absolute Gasteiger partial charge is 0.545 e. The van der Waals surface area contributed by atoms with Crippen molar-refractivity contribution in [1.29, 1.82) is 5.26 Å². The van der Waals surface area contributed by atoms with Crippen molar-refractivity contribution in [2.24, 2.45) is 0 Å². The van der Waals surface area contributed by atoms with Gasteiger partial charge in [0.1, 0.15) is 0 Å². The maximum absolute atomic E-state index is 10.7. The van der Waals surface area contributed by atoms with Crippen LogP contribution in [0.3, 0.4) is 0 Å². The molecule has 2 aromatic carbocycles. The molecule has 3 nitrogen and oxygen atoms in total. The molecule has 0 amide bonds. The molecule has 0 aliphatic carbocycles. The third-order valence-electron chi connectivity index (χ3n) is 2.81. The molecule has 5 heteroatoms. The fourth-order valence-corrected chi connectivity index (χ4v) is 2.02. The molecule has 0 aromatic heterocycles. The van der Waals surface area contributed by atoms with Crippen molar-refractivity contribution in [1.82, 2.24) is 0 Å². The predicted octanol–water partition coefficient (Wildman–Crippen LogP) is 3.42. The lowest BCUT2D eigenvalue weighted by atomic mass is 10.0. The molecule has 2 aromatic rings. The van der Waals surface area contributed by atoms with Crippen molar-refractivity contribution < 1.29 is 9.90 Å². The first kappa shape index (κ1) is 15.1. The monoisotopic (exact) mass is 316 g/mol. The van der Waals surface area contributed by atoms with E-state index in [0.29, 0.717) is 26.7 Å². The molecule has 0 aliphatic heterocycles. The Hall–Kier alpha value is -2.28. The molecule has 0 N–H and O–H groups in total. The normalized spacial score (nSPS) is 11.0. The quantitative estimate of drug-likeness (QED) is 0.643.